The number of nitrogens with zero attached hydrogens (tertiary/aromatic N) is 4. The van der Waals surface area contributed by atoms with E-state index in [1.165, 1.54) is 99.6 Å². The van der Waals surface area contributed by atoms with Gasteiger partial charge in [-0.15, -0.1) is 5.06 Å². The average Bonchev–Trinajstić information content (AvgIpc) is 4.35. The quantitative estimate of drug-likeness (QED) is 0.215. The molecule has 2 spiro atoms. The fourth-order valence-electron chi connectivity index (χ4n) is 21.3. The van der Waals surface area contributed by atoms with E-state index in [9.17, 15) is 10.0 Å². The highest BCUT2D eigenvalue weighted by Crippen LogP contribution is 2.67. The van der Waals surface area contributed by atoms with Gasteiger partial charge < -0.3 is 19.5 Å². The highest BCUT2D eigenvalue weighted by Gasteiger charge is 2.63. The summed E-state index contributed by atoms with van der Waals surface area (Å²) in [5.41, 5.74) is 13.7. The number of hydrogen-bond acceptors (Lipinski definition) is 9. The number of allylic oxidation sites excluding steroid dienone is 2. The van der Waals surface area contributed by atoms with Crippen LogP contribution in [0, 0.1) is 81.8 Å². The molecular weight excluding hydrogens is 945 g/mol. The summed E-state index contributed by atoms with van der Waals surface area (Å²) >= 11 is 0. The van der Waals surface area contributed by atoms with E-state index in [0.29, 0.717) is 46.0 Å². The van der Waals surface area contributed by atoms with Gasteiger partial charge in [-0.1, -0.05) is 82.0 Å². The van der Waals surface area contributed by atoms with Crippen molar-refractivity contribution in [3.05, 3.63) is 93.1 Å². The number of aromatic amines is 2. The average molecular weight is 1040 g/mol. The minimum atomic E-state index is -0.259. The Morgan fingerprint density at radius 3 is 1.70 bits per heavy atom. The fourth-order valence-corrected chi connectivity index (χ4v) is 21.3. The highest BCUT2D eigenvalue weighted by atomic mass is 16.7. The molecule has 11 heteroatoms. The van der Waals surface area contributed by atoms with Gasteiger partial charge in [0.2, 0.25) is 0 Å². The van der Waals surface area contributed by atoms with Crippen molar-refractivity contribution in [2.45, 2.75) is 206 Å². The Morgan fingerprint density at radius 1 is 0.658 bits per heavy atom. The summed E-state index contributed by atoms with van der Waals surface area (Å²) in [4.78, 5) is 19.3. The molecule has 4 saturated heterocycles. The summed E-state index contributed by atoms with van der Waals surface area (Å²) in [6.07, 6.45) is 26.3. The van der Waals surface area contributed by atoms with E-state index < -0.39 is 0 Å². The lowest BCUT2D eigenvalue weighted by atomic mass is 9.52. The van der Waals surface area contributed by atoms with Crippen molar-refractivity contribution in [1.29, 1.82) is 0 Å². The smallest absolute Gasteiger partial charge is 0.357 e. The van der Waals surface area contributed by atoms with Gasteiger partial charge in [0.05, 0.1) is 53.5 Å². The number of benzene rings is 1. The summed E-state index contributed by atoms with van der Waals surface area (Å²) in [5.74, 6) is 7.59. The molecule has 4 saturated carbocycles. The molecule has 2 aromatic heterocycles. The summed E-state index contributed by atoms with van der Waals surface area (Å²) in [5, 5.41) is 29.9. The van der Waals surface area contributed by atoms with Crippen LogP contribution in [-0.2, 0) is 40.0 Å². The van der Waals surface area contributed by atoms with Crippen molar-refractivity contribution in [1.82, 2.24) is 30.5 Å². The number of H-pyrrole nitrogens is 2. The Bertz CT molecular complexity index is 2780. The third-order valence-electron chi connectivity index (χ3n) is 25.1. The minimum absolute atomic E-state index is 0.0884. The van der Waals surface area contributed by atoms with Crippen molar-refractivity contribution in [3.63, 3.8) is 0 Å². The van der Waals surface area contributed by atoms with Crippen molar-refractivity contribution in [3.8, 4) is 0 Å². The number of hydrogen-bond donors (Lipinski definition) is 3. The Morgan fingerprint density at radius 2 is 1.16 bits per heavy atom. The van der Waals surface area contributed by atoms with Gasteiger partial charge in [0.15, 0.2) is 0 Å². The lowest BCUT2D eigenvalue weighted by molar-refractivity contribution is -0.182. The van der Waals surface area contributed by atoms with Crippen LogP contribution in [0.1, 0.15) is 178 Å². The first-order chi connectivity index (χ1) is 36.5. The predicted octanol–water partition coefficient (Wildman–Crippen LogP) is 12.5. The Labute approximate surface area is 453 Å². The molecule has 0 radical (unpaired) electrons. The molecule has 3 N–H and O–H groups in total. The van der Waals surface area contributed by atoms with Crippen LogP contribution in [0.4, 0.5) is 0 Å². The van der Waals surface area contributed by atoms with Gasteiger partial charge in [-0.25, -0.2) is 4.79 Å². The molecule has 20 atom stereocenters. The first-order valence-electron chi connectivity index (χ1n) is 30.8. The van der Waals surface area contributed by atoms with Crippen LogP contribution in [0.15, 0.2) is 65.0 Å². The summed E-state index contributed by atoms with van der Waals surface area (Å²) in [6, 6.07) is 9.68. The molecule has 8 aliphatic carbocycles. The third kappa shape index (κ3) is 7.80. The molecule has 1 aromatic carbocycles. The second-order valence-electron chi connectivity index (χ2n) is 28.9. The van der Waals surface area contributed by atoms with Crippen LogP contribution in [-0.4, -0.2) is 90.3 Å². The fraction of sp³-hybridized carbons (Fsp3) is 0.738. The van der Waals surface area contributed by atoms with Gasteiger partial charge in [0, 0.05) is 36.3 Å². The van der Waals surface area contributed by atoms with Crippen LogP contribution in [0.25, 0.3) is 0 Å². The van der Waals surface area contributed by atoms with Crippen LogP contribution >= 0.6 is 0 Å². The number of carbonyl (C=O) groups is 1. The second-order valence-corrected chi connectivity index (χ2v) is 28.9. The van der Waals surface area contributed by atoms with E-state index in [0.717, 1.165) is 93.0 Å². The third-order valence-corrected chi connectivity index (χ3v) is 25.1. The standard InChI is InChI=1S/C36H47N3O3.C29H43N3O2/c1-21-14-32-33(39(20-21)42-34(40)24-8-6-5-7-9-24)23(3)36(41-32)13-12-27-28-11-10-26-15-31-25(19-37-38-31)18-35(26,4)30(28)16-29(27)22(2)17-36;1-16-9-26-27(32(33)15-16)18(3)29(34-26)8-7-21-22-6-5-20-10-25-19(14-30-31-25)13-28(20,4)24(22)11-23(21)17(2)12-29/h5-9,19,21,23,26-28,30,32-33H,10-18,20H2,1-4H3,(H,37,38);14,16,18,20-22,24,26-27,33H,5-13,15H2,1-4H3,(H,30,31)/t21-,23+,26+,27-,28-,30-,32+,33-,35-,36-;16-,18+,20+,21-,22-,24-,26+,27-,28-,29-/m00/s1. The van der Waals surface area contributed by atoms with Gasteiger partial charge >= 0.3 is 5.97 Å². The van der Waals surface area contributed by atoms with Gasteiger partial charge in [-0.3, -0.25) is 10.2 Å². The number of rotatable bonds is 2. The molecule has 6 heterocycles. The number of aromatic nitrogens is 4. The molecule has 3 aromatic rings. The highest BCUT2D eigenvalue weighted by molar-refractivity contribution is 5.89. The van der Waals surface area contributed by atoms with Crippen molar-refractivity contribution >= 4 is 5.97 Å². The van der Waals surface area contributed by atoms with E-state index in [1.54, 1.807) is 27.4 Å². The topological polar surface area (TPSA) is 129 Å². The van der Waals surface area contributed by atoms with Gasteiger partial charge in [-0.05, 0) is 223 Å². The maximum absolute atomic E-state index is 13.1. The lowest BCUT2D eigenvalue weighted by Gasteiger charge is -2.52. The van der Waals surface area contributed by atoms with Crippen LogP contribution in [0.3, 0.4) is 0 Å². The van der Waals surface area contributed by atoms with E-state index in [1.807, 2.05) is 35.4 Å². The largest absolute Gasteiger partial charge is 0.369 e. The Hall–Kier alpha value is -3.61. The molecule has 0 unspecified atom stereocenters. The molecule has 76 heavy (non-hydrogen) atoms. The summed E-state index contributed by atoms with van der Waals surface area (Å²) in [6.45, 7) is 20.9. The monoisotopic (exact) mass is 1030 g/mol. The number of nitrogens with one attached hydrogen (secondary N) is 2. The van der Waals surface area contributed by atoms with E-state index in [-0.39, 0.29) is 41.5 Å². The number of ether oxygens (including phenoxy) is 2. The maximum Gasteiger partial charge on any atom is 0.357 e. The first kappa shape index (κ1) is 50.6. The number of piperidine rings is 2. The number of fused-ring (bicyclic) bond motifs is 14. The molecule has 410 valence electrons. The van der Waals surface area contributed by atoms with Crippen molar-refractivity contribution in [2.24, 2.45) is 81.8 Å². The predicted molar refractivity (Wildman–Crippen MR) is 293 cm³/mol. The van der Waals surface area contributed by atoms with Gasteiger partial charge in [0.25, 0.3) is 0 Å². The van der Waals surface area contributed by atoms with Crippen molar-refractivity contribution in [2.75, 3.05) is 13.1 Å². The van der Waals surface area contributed by atoms with E-state index in [2.05, 4.69) is 88.2 Å². The SMILES string of the molecule is CC1=C2C[C@H]3[C@@H](CC[C@@H]4Cc5[nH]ncc5C[C@@]43C)[C@@H]2CC[C@@]2(C1)O[C@@H]1C[C@H](C)CN(O)[C@H]1[C@H]2C.CC1=C2C[C@H]3[C@@H](CC[C@@H]4Cc5[nH]ncc5C[C@@]43C)[C@@H]2CC[C@@]2(C1)O[C@@H]1C[C@H](C)CN(OC(=O)c3ccccc3)[C@H]1[C@H]2C. The Kier molecular flexibility index (Phi) is 12.3. The van der Waals surface area contributed by atoms with Crippen LogP contribution < -0.4 is 0 Å². The van der Waals surface area contributed by atoms with Crippen molar-refractivity contribution < 1.29 is 24.3 Å². The minimum Gasteiger partial charge on any atom is -0.369 e. The zero-order chi connectivity index (χ0) is 52.2. The normalized spacial score (nSPS) is 46.2. The molecule has 4 aliphatic heterocycles. The van der Waals surface area contributed by atoms with Crippen LogP contribution in [0.2, 0.25) is 0 Å². The summed E-state index contributed by atoms with van der Waals surface area (Å²) < 4.78 is 14.2. The van der Waals surface area contributed by atoms with Gasteiger partial charge in [-0.2, -0.15) is 15.3 Å². The zero-order valence-corrected chi connectivity index (χ0v) is 47.3. The second kappa shape index (κ2) is 18.5. The van der Waals surface area contributed by atoms with E-state index >= 15 is 0 Å². The molecule has 0 bridgehead atoms. The number of carbonyl (C=O) groups excluding carboxylic acids is 1. The molecule has 11 nitrogen and oxygen atoms in total. The molecular formula is C65H90N6O5. The van der Waals surface area contributed by atoms with Gasteiger partial charge in [0.1, 0.15) is 0 Å². The molecule has 15 rings (SSSR count). The Balaban J connectivity index is 0.000000142. The number of hydroxylamine groups is 4. The molecule has 8 fully saturated rings. The van der Waals surface area contributed by atoms with Crippen LogP contribution in [0.5, 0.6) is 0 Å². The molecule has 12 aliphatic rings. The summed E-state index contributed by atoms with van der Waals surface area (Å²) in [7, 11) is 0. The lowest BCUT2D eigenvalue weighted by Crippen LogP contribution is -2.52. The molecule has 0 amide bonds. The maximum atomic E-state index is 13.1. The van der Waals surface area contributed by atoms with E-state index in [4.69, 9.17) is 14.3 Å². The zero-order valence-electron chi connectivity index (χ0n) is 47.3. The first-order valence-corrected chi connectivity index (χ1v) is 30.8.